The van der Waals surface area contributed by atoms with Gasteiger partial charge in [0.25, 0.3) is 0 Å². The molecule has 1 heterocycles. The van der Waals surface area contributed by atoms with Crippen molar-refractivity contribution < 1.29 is 0 Å². The molecule has 0 aliphatic carbocycles. The largest absolute Gasteiger partial charge is 0.312 e. The van der Waals surface area contributed by atoms with Crippen LogP contribution in [0.15, 0.2) is 12.1 Å². The van der Waals surface area contributed by atoms with Gasteiger partial charge in [-0.2, -0.15) is 5.26 Å². The second kappa shape index (κ2) is 6.03. The fourth-order valence-corrected chi connectivity index (χ4v) is 2.30. The van der Waals surface area contributed by atoms with Crippen LogP contribution in [0.2, 0.25) is 0 Å². The van der Waals surface area contributed by atoms with Gasteiger partial charge in [-0.15, -0.1) is 11.3 Å². The summed E-state index contributed by atoms with van der Waals surface area (Å²) in [6.45, 7) is 7.97. The van der Waals surface area contributed by atoms with E-state index in [4.69, 9.17) is 5.26 Å². The third kappa shape index (κ3) is 4.34. The SMILES string of the molecule is CCc1ccc(CNCCC(C)(C)C#N)s1. The van der Waals surface area contributed by atoms with E-state index in [2.05, 4.69) is 30.4 Å². The highest BCUT2D eigenvalue weighted by Crippen LogP contribution is 2.18. The van der Waals surface area contributed by atoms with Gasteiger partial charge in [0.05, 0.1) is 11.5 Å². The van der Waals surface area contributed by atoms with E-state index < -0.39 is 0 Å². The van der Waals surface area contributed by atoms with Gasteiger partial charge in [0.15, 0.2) is 0 Å². The number of rotatable bonds is 6. The topological polar surface area (TPSA) is 35.8 Å². The first-order valence-electron chi connectivity index (χ1n) is 5.77. The molecule has 16 heavy (non-hydrogen) atoms. The quantitative estimate of drug-likeness (QED) is 0.769. The molecule has 0 atom stereocenters. The molecular weight excluding hydrogens is 216 g/mol. The molecule has 0 spiro atoms. The molecular formula is C13H20N2S. The molecule has 0 radical (unpaired) electrons. The Kier molecular flexibility index (Phi) is 4.98. The van der Waals surface area contributed by atoms with Crippen molar-refractivity contribution in [2.45, 2.75) is 40.2 Å². The number of hydrogen-bond acceptors (Lipinski definition) is 3. The molecule has 1 aromatic rings. The lowest BCUT2D eigenvalue weighted by Gasteiger charge is -2.14. The highest BCUT2D eigenvalue weighted by molar-refractivity contribution is 7.11. The first-order chi connectivity index (χ1) is 7.57. The molecule has 0 aliphatic heterocycles. The maximum atomic E-state index is 8.87. The second-order valence-electron chi connectivity index (χ2n) is 4.64. The van der Waals surface area contributed by atoms with Crippen LogP contribution in [-0.4, -0.2) is 6.54 Å². The first kappa shape index (κ1) is 13.2. The van der Waals surface area contributed by atoms with Crippen LogP contribution >= 0.6 is 11.3 Å². The van der Waals surface area contributed by atoms with E-state index >= 15 is 0 Å². The van der Waals surface area contributed by atoms with Crippen molar-refractivity contribution in [2.24, 2.45) is 5.41 Å². The summed E-state index contributed by atoms with van der Waals surface area (Å²) in [5, 5.41) is 12.3. The zero-order chi connectivity index (χ0) is 12.0. The van der Waals surface area contributed by atoms with Crippen molar-refractivity contribution in [3.63, 3.8) is 0 Å². The van der Waals surface area contributed by atoms with Gasteiger partial charge in [-0.1, -0.05) is 6.92 Å². The molecule has 0 unspecified atom stereocenters. The summed E-state index contributed by atoms with van der Waals surface area (Å²) in [6.07, 6.45) is 2.02. The van der Waals surface area contributed by atoms with E-state index in [9.17, 15) is 0 Å². The van der Waals surface area contributed by atoms with Crippen LogP contribution in [0, 0.1) is 16.7 Å². The van der Waals surface area contributed by atoms with Crippen molar-refractivity contribution >= 4 is 11.3 Å². The third-order valence-corrected chi connectivity index (χ3v) is 3.82. The molecule has 0 saturated heterocycles. The lowest BCUT2D eigenvalue weighted by molar-refractivity contribution is 0.433. The fourth-order valence-electron chi connectivity index (χ4n) is 1.38. The number of hydrogen-bond donors (Lipinski definition) is 1. The minimum absolute atomic E-state index is 0.211. The highest BCUT2D eigenvalue weighted by Gasteiger charge is 2.15. The van der Waals surface area contributed by atoms with Crippen molar-refractivity contribution in [1.82, 2.24) is 5.32 Å². The lowest BCUT2D eigenvalue weighted by atomic mass is 9.91. The Balaban J connectivity index is 2.24. The third-order valence-electron chi connectivity index (χ3n) is 2.59. The van der Waals surface area contributed by atoms with E-state index in [0.29, 0.717) is 0 Å². The van der Waals surface area contributed by atoms with E-state index in [-0.39, 0.29) is 5.41 Å². The molecule has 1 rings (SSSR count). The molecule has 2 nitrogen and oxygen atoms in total. The fraction of sp³-hybridized carbons (Fsp3) is 0.615. The smallest absolute Gasteiger partial charge is 0.0684 e. The monoisotopic (exact) mass is 236 g/mol. The lowest BCUT2D eigenvalue weighted by Crippen LogP contribution is -2.20. The number of thiophene rings is 1. The summed E-state index contributed by atoms with van der Waals surface area (Å²) >= 11 is 1.87. The number of aryl methyl sites for hydroxylation is 1. The van der Waals surface area contributed by atoms with E-state index in [1.54, 1.807) is 0 Å². The van der Waals surface area contributed by atoms with Crippen LogP contribution < -0.4 is 5.32 Å². The average Bonchev–Trinajstić information content (AvgIpc) is 2.72. The standard InChI is InChI=1S/C13H20N2S/c1-4-11-5-6-12(16-11)9-15-8-7-13(2,3)10-14/h5-6,15H,4,7-9H2,1-3H3. The minimum Gasteiger partial charge on any atom is -0.312 e. The molecule has 0 saturated carbocycles. The second-order valence-corrected chi connectivity index (χ2v) is 5.90. The van der Waals surface area contributed by atoms with Crippen LogP contribution in [0.25, 0.3) is 0 Å². The maximum Gasteiger partial charge on any atom is 0.0684 e. The molecule has 1 aromatic heterocycles. The van der Waals surface area contributed by atoms with Gasteiger partial charge in [0.2, 0.25) is 0 Å². The molecule has 3 heteroatoms. The maximum absolute atomic E-state index is 8.87. The van der Waals surface area contributed by atoms with Gasteiger partial charge in [-0.25, -0.2) is 0 Å². The summed E-state index contributed by atoms with van der Waals surface area (Å²) in [6, 6.07) is 6.70. The van der Waals surface area contributed by atoms with Gasteiger partial charge < -0.3 is 5.32 Å². The van der Waals surface area contributed by atoms with Crippen LogP contribution in [0.3, 0.4) is 0 Å². The summed E-state index contributed by atoms with van der Waals surface area (Å²) in [7, 11) is 0. The zero-order valence-corrected chi connectivity index (χ0v) is 11.2. The van der Waals surface area contributed by atoms with Crippen LogP contribution in [0.1, 0.15) is 36.9 Å². The van der Waals surface area contributed by atoms with E-state index in [0.717, 1.165) is 25.9 Å². The van der Waals surface area contributed by atoms with Gasteiger partial charge >= 0.3 is 0 Å². The zero-order valence-electron chi connectivity index (χ0n) is 10.3. The van der Waals surface area contributed by atoms with Gasteiger partial charge in [-0.3, -0.25) is 0 Å². The van der Waals surface area contributed by atoms with E-state index in [1.165, 1.54) is 9.75 Å². The molecule has 0 aromatic carbocycles. The van der Waals surface area contributed by atoms with Crippen molar-refractivity contribution in [3.05, 3.63) is 21.9 Å². The molecule has 0 fully saturated rings. The highest BCUT2D eigenvalue weighted by atomic mass is 32.1. The predicted molar refractivity (Wildman–Crippen MR) is 69.4 cm³/mol. The van der Waals surface area contributed by atoms with Crippen LogP contribution in [0.5, 0.6) is 0 Å². The first-order valence-corrected chi connectivity index (χ1v) is 6.58. The van der Waals surface area contributed by atoms with Crippen LogP contribution in [0.4, 0.5) is 0 Å². The summed E-state index contributed by atoms with van der Waals surface area (Å²) in [4.78, 5) is 2.82. The van der Waals surface area contributed by atoms with E-state index in [1.807, 2.05) is 25.2 Å². The minimum atomic E-state index is -0.211. The molecule has 0 aliphatic rings. The van der Waals surface area contributed by atoms with Crippen molar-refractivity contribution in [1.29, 1.82) is 5.26 Å². The van der Waals surface area contributed by atoms with Gasteiger partial charge in [0.1, 0.15) is 0 Å². The van der Waals surface area contributed by atoms with Crippen LogP contribution in [-0.2, 0) is 13.0 Å². The average molecular weight is 236 g/mol. The molecule has 0 bridgehead atoms. The Hall–Kier alpha value is -0.850. The molecule has 88 valence electrons. The number of nitrogens with one attached hydrogen (secondary N) is 1. The summed E-state index contributed by atoms with van der Waals surface area (Å²) in [5.41, 5.74) is -0.211. The summed E-state index contributed by atoms with van der Waals surface area (Å²) < 4.78 is 0. The van der Waals surface area contributed by atoms with Crippen molar-refractivity contribution in [3.8, 4) is 6.07 Å². The summed E-state index contributed by atoms with van der Waals surface area (Å²) in [5.74, 6) is 0. The van der Waals surface area contributed by atoms with Gasteiger partial charge in [0, 0.05) is 16.3 Å². The van der Waals surface area contributed by atoms with Crippen molar-refractivity contribution in [2.75, 3.05) is 6.54 Å². The number of nitriles is 1. The molecule has 0 amide bonds. The predicted octanol–water partition coefficient (Wildman–Crippen LogP) is 3.34. The Morgan fingerprint density at radius 3 is 2.62 bits per heavy atom. The normalized spacial score (nSPS) is 11.4. The Bertz CT molecular complexity index is 360. The molecule has 1 N–H and O–H groups in total. The Labute approximate surface area is 102 Å². The Morgan fingerprint density at radius 1 is 1.38 bits per heavy atom. The Morgan fingerprint density at radius 2 is 2.06 bits per heavy atom. The van der Waals surface area contributed by atoms with Gasteiger partial charge in [-0.05, 0) is 45.4 Å². The number of nitrogens with zero attached hydrogens (tertiary/aromatic N) is 1.